The summed E-state index contributed by atoms with van der Waals surface area (Å²) in [5, 5.41) is 0.724. The van der Waals surface area contributed by atoms with Crippen molar-refractivity contribution in [3.05, 3.63) is 52.5 Å². The number of aryl methyl sites for hydroxylation is 1. The Morgan fingerprint density at radius 2 is 1.77 bits per heavy atom. The molecule has 0 radical (unpaired) electrons. The van der Waals surface area contributed by atoms with Crippen LogP contribution >= 0.6 is 11.6 Å². The number of fused-ring (bicyclic) bond motifs is 5. The van der Waals surface area contributed by atoms with Gasteiger partial charge in [-0.15, -0.1) is 0 Å². The van der Waals surface area contributed by atoms with Crippen molar-refractivity contribution < 1.29 is 22.7 Å². The molecule has 1 saturated heterocycles. The Kier molecular flexibility index (Phi) is 7.46. The Bertz CT molecular complexity index is 1430. The molecule has 0 saturated carbocycles. The van der Waals surface area contributed by atoms with E-state index in [4.69, 9.17) is 16.3 Å². The van der Waals surface area contributed by atoms with Crippen molar-refractivity contribution in [3.63, 3.8) is 0 Å². The number of amides is 2. The third-order valence-corrected chi connectivity index (χ3v) is 10.6. The molecule has 40 heavy (non-hydrogen) atoms. The molecule has 1 spiro atoms. The van der Waals surface area contributed by atoms with Gasteiger partial charge in [0.15, 0.2) is 0 Å². The molecule has 8 nitrogen and oxygen atoms in total. The third-order valence-electron chi connectivity index (χ3n) is 8.98. The standard InChI is InChI=1S/C30H36ClN3O5S/c31-23-8-10-25-22(15-23)5-4-13-30(25)19-34-18-21-12-14-33(17-21)29(36)7-3-1-2-6-28(35)32-40(37,38)24-9-11-27(39-20-30)26(34)16-24/h8-11,15-16,21H,1-7,12-14,17-20H2,(H,32,35). The first-order chi connectivity index (χ1) is 19.2. The molecule has 2 unspecified atom stereocenters. The molecule has 2 atom stereocenters. The van der Waals surface area contributed by atoms with E-state index in [9.17, 15) is 18.0 Å². The molecule has 4 bridgehead atoms. The molecule has 3 heterocycles. The summed E-state index contributed by atoms with van der Waals surface area (Å²) >= 11 is 6.36. The van der Waals surface area contributed by atoms with Crippen LogP contribution in [0.4, 0.5) is 5.69 Å². The van der Waals surface area contributed by atoms with E-state index in [1.165, 1.54) is 17.2 Å². The monoisotopic (exact) mass is 585 g/mol. The maximum Gasteiger partial charge on any atom is 0.264 e. The summed E-state index contributed by atoms with van der Waals surface area (Å²) in [6.07, 6.45) is 6.33. The van der Waals surface area contributed by atoms with Crippen molar-refractivity contribution in [3.8, 4) is 5.75 Å². The van der Waals surface area contributed by atoms with Crippen molar-refractivity contribution in [1.29, 1.82) is 0 Å². The highest BCUT2D eigenvalue weighted by Crippen LogP contribution is 2.45. The number of benzene rings is 2. The number of hydrogen-bond acceptors (Lipinski definition) is 6. The fourth-order valence-electron chi connectivity index (χ4n) is 6.94. The molecular formula is C30H36ClN3O5S. The molecule has 1 fully saturated rings. The highest BCUT2D eigenvalue weighted by atomic mass is 35.5. The average molecular weight is 586 g/mol. The molecule has 2 aromatic rings. The quantitative estimate of drug-likeness (QED) is 0.491. The largest absolute Gasteiger partial charge is 0.490 e. The van der Waals surface area contributed by atoms with E-state index in [-0.39, 0.29) is 28.6 Å². The van der Waals surface area contributed by atoms with E-state index in [0.29, 0.717) is 63.4 Å². The van der Waals surface area contributed by atoms with Crippen molar-refractivity contribution in [2.45, 2.75) is 68.1 Å². The second kappa shape index (κ2) is 10.9. The number of sulfonamides is 1. The minimum absolute atomic E-state index is 0.0486. The molecule has 10 heteroatoms. The van der Waals surface area contributed by atoms with E-state index in [1.807, 2.05) is 11.0 Å². The number of halogens is 1. The van der Waals surface area contributed by atoms with Gasteiger partial charge in [-0.3, -0.25) is 9.59 Å². The Balaban J connectivity index is 1.40. The first-order valence-corrected chi connectivity index (χ1v) is 16.2. The summed E-state index contributed by atoms with van der Waals surface area (Å²) in [6.45, 7) is 3.26. The number of ether oxygens (including phenoxy) is 1. The van der Waals surface area contributed by atoms with Crippen molar-refractivity contribution >= 4 is 39.1 Å². The van der Waals surface area contributed by atoms with Gasteiger partial charge in [-0.05, 0) is 85.9 Å². The predicted molar refractivity (Wildman–Crippen MR) is 153 cm³/mol. The lowest BCUT2D eigenvalue weighted by Gasteiger charge is -2.41. The van der Waals surface area contributed by atoms with Crippen LogP contribution in [0.3, 0.4) is 0 Å². The molecule has 2 amide bonds. The van der Waals surface area contributed by atoms with E-state index in [0.717, 1.165) is 37.3 Å². The second-order valence-corrected chi connectivity index (χ2v) is 13.9. The Morgan fingerprint density at radius 3 is 2.65 bits per heavy atom. The van der Waals surface area contributed by atoms with Gasteiger partial charge in [0.2, 0.25) is 11.8 Å². The van der Waals surface area contributed by atoms with E-state index >= 15 is 0 Å². The topological polar surface area (TPSA) is 96.0 Å². The number of carbonyl (C=O) groups excluding carboxylic acids is 2. The number of nitrogens with zero attached hydrogens (tertiary/aromatic N) is 2. The van der Waals surface area contributed by atoms with Gasteiger partial charge >= 0.3 is 0 Å². The fourth-order valence-corrected chi connectivity index (χ4v) is 8.17. The van der Waals surface area contributed by atoms with Gasteiger partial charge in [-0.2, -0.15) is 0 Å². The minimum Gasteiger partial charge on any atom is -0.490 e. The highest BCUT2D eigenvalue weighted by Gasteiger charge is 2.43. The SMILES string of the molecule is O=C1CCCCCC(=O)N2CCC(C2)CN2CC3(CCCc4cc(Cl)ccc43)COc3ccc(cc32)S(=O)(=O)N1. The molecule has 1 aliphatic carbocycles. The highest BCUT2D eigenvalue weighted by molar-refractivity contribution is 7.90. The van der Waals surface area contributed by atoms with Gasteiger partial charge in [0.25, 0.3) is 10.0 Å². The number of carbonyl (C=O) groups is 2. The van der Waals surface area contributed by atoms with Crippen LogP contribution < -0.4 is 14.4 Å². The third kappa shape index (κ3) is 5.42. The summed E-state index contributed by atoms with van der Waals surface area (Å²) in [6, 6.07) is 11.0. The van der Waals surface area contributed by atoms with Crippen LogP contribution in [0.5, 0.6) is 5.75 Å². The second-order valence-electron chi connectivity index (χ2n) is 11.8. The van der Waals surface area contributed by atoms with Gasteiger partial charge in [0.1, 0.15) is 5.75 Å². The maximum atomic E-state index is 13.2. The summed E-state index contributed by atoms with van der Waals surface area (Å²) in [7, 11) is -4.04. The van der Waals surface area contributed by atoms with Gasteiger partial charge in [0, 0.05) is 49.5 Å². The zero-order chi connectivity index (χ0) is 27.9. The molecule has 6 rings (SSSR count). The number of hydrogen-bond donors (Lipinski definition) is 1. The lowest BCUT2D eigenvalue weighted by Crippen LogP contribution is -2.47. The van der Waals surface area contributed by atoms with Crippen LogP contribution in [0.15, 0.2) is 41.3 Å². The van der Waals surface area contributed by atoms with Gasteiger partial charge < -0.3 is 14.5 Å². The maximum absolute atomic E-state index is 13.2. The number of anilines is 1. The number of nitrogens with one attached hydrogen (secondary N) is 1. The van der Waals surface area contributed by atoms with E-state index in [1.54, 1.807) is 12.1 Å². The molecule has 1 N–H and O–H groups in total. The van der Waals surface area contributed by atoms with Crippen LogP contribution in [-0.2, 0) is 31.4 Å². The fraction of sp³-hybridized carbons (Fsp3) is 0.533. The first-order valence-electron chi connectivity index (χ1n) is 14.4. The molecule has 214 valence electrons. The predicted octanol–water partition coefficient (Wildman–Crippen LogP) is 4.43. The zero-order valence-electron chi connectivity index (χ0n) is 22.7. The normalized spacial score (nSPS) is 26.9. The summed E-state index contributed by atoms with van der Waals surface area (Å²) in [5.41, 5.74) is 2.91. The lowest BCUT2D eigenvalue weighted by molar-refractivity contribution is -0.130. The lowest BCUT2D eigenvalue weighted by atomic mass is 9.70. The van der Waals surface area contributed by atoms with E-state index < -0.39 is 15.9 Å². The Morgan fingerprint density at radius 1 is 0.950 bits per heavy atom. The van der Waals surface area contributed by atoms with Crippen LogP contribution in [0.2, 0.25) is 5.02 Å². The van der Waals surface area contributed by atoms with Gasteiger partial charge in [-0.25, -0.2) is 13.1 Å². The molecule has 2 aromatic carbocycles. The van der Waals surface area contributed by atoms with Crippen molar-refractivity contribution in [2.75, 3.05) is 37.7 Å². The van der Waals surface area contributed by atoms with Gasteiger partial charge in [0.05, 0.1) is 17.2 Å². The number of rotatable bonds is 0. The first kappa shape index (κ1) is 27.4. The van der Waals surface area contributed by atoms with Crippen LogP contribution in [0.25, 0.3) is 0 Å². The molecule has 3 aliphatic heterocycles. The molecular weight excluding hydrogens is 550 g/mol. The van der Waals surface area contributed by atoms with Crippen LogP contribution in [0.1, 0.15) is 62.5 Å². The van der Waals surface area contributed by atoms with Crippen LogP contribution in [0, 0.1) is 5.92 Å². The van der Waals surface area contributed by atoms with E-state index in [2.05, 4.69) is 21.8 Å². The van der Waals surface area contributed by atoms with Crippen molar-refractivity contribution in [2.24, 2.45) is 5.92 Å². The molecule has 4 aliphatic rings. The summed E-state index contributed by atoms with van der Waals surface area (Å²) in [4.78, 5) is 29.7. The molecule has 0 aromatic heterocycles. The van der Waals surface area contributed by atoms with Crippen molar-refractivity contribution in [1.82, 2.24) is 9.62 Å². The Hall–Kier alpha value is -2.78. The van der Waals surface area contributed by atoms with Gasteiger partial charge in [-0.1, -0.05) is 24.1 Å². The zero-order valence-corrected chi connectivity index (χ0v) is 24.2. The average Bonchev–Trinajstić information content (AvgIpc) is 3.33. The smallest absolute Gasteiger partial charge is 0.264 e. The Labute approximate surface area is 241 Å². The van der Waals surface area contributed by atoms with Crippen LogP contribution in [-0.4, -0.2) is 57.9 Å². The minimum atomic E-state index is -4.04. The summed E-state index contributed by atoms with van der Waals surface area (Å²) < 4.78 is 35.2. The summed E-state index contributed by atoms with van der Waals surface area (Å²) in [5.74, 6) is 0.524.